The highest BCUT2D eigenvalue weighted by molar-refractivity contribution is 6.60. The summed E-state index contributed by atoms with van der Waals surface area (Å²) in [5, 5.41) is 0. The molecule has 0 N–H and O–H groups in total. The SMILES string of the molecule is CO[Si](CCC[N+](C)(C)C)(OC)OC.[O-][Cl+3]([O-])([O-])[O-]. The first-order chi connectivity index (χ1) is 8.39. The van der Waals surface area contributed by atoms with Gasteiger partial charge in [0.1, 0.15) is 0 Å². The van der Waals surface area contributed by atoms with Crippen LogP contribution >= 0.6 is 0 Å². The average molecular weight is 322 g/mol. The fourth-order valence-electron chi connectivity index (χ4n) is 1.33. The van der Waals surface area contributed by atoms with Gasteiger partial charge in [0.05, 0.1) is 27.7 Å². The van der Waals surface area contributed by atoms with Crippen LogP contribution < -0.4 is 18.6 Å². The monoisotopic (exact) mass is 321 g/mol. The summed E-state index contributed by atoms with van der Waals surface area (Å²) in [6.45, 7) is 1.10. The highest BCUT2D eigenvalue weighted by atomic mass is 35.7. The first-order valence-electron chi connectivity index (χ1n) is 5.47. The van der Waals surface area contributed by atoms with Crippen LogP contribution in [0.5, 0.6) is 0 Å². The molecule has 0 spiro atoms. The molecule has 0 aromatic carbocycles. The molecule has 0 amide bonds. The fourth-order valence-corrected chi connectivity index (χ4v) is 3.03. The second kappa shape index (κ2) is 9.18. The lowest BCUT2D eigenvalue weighted by molar-refractivity contribution is -2.00. The van der Waals surface area contributed by atoms with Gasteiger partial charge in [-0.05, 0) is 0 Å². The molecule has 10 heteroatoms. The second-order valence-corrected chi connectivity index (χ2v) is 8.64. The maximum atomic E-state index is 8.49. The minimum Gasteiger partial charge on any atom is -0.377 e. The molecular weight excluding hydrogens is 298 g/mol. The van der Waals surface area contributed by atoms with Crippen molar-refractivity contribution in [2.75, 3.05) is 49.0 Å². The first-order valence-corrected chi connectivity index (χ1v) is 8.63. The summed E-state index contributed by atoms with van der Waals surface area (Å²) in [6.07, 6.45) is 1.06. The Hall–Kier alpha value is 0.187. The molecule has 0 atom stereocenters. The predicted octanol–water partition coefficient (Wildman–Crippen LogP) is -3.80. The van der Waals surface area contributed by atoms with Gasteiger partial charge in [-0.3, -0.25) is 0 Å². The van der Waals surface area contributed by atoms with Gasteiger partial charge in [0, 0.05) is 33.8 Å². The van der Waals surface area contributed by atoms with E-state index in [0.29, 0.717) is 0 Å². The van der Waals surface area contributed by atoms with Crippen LogP contribution in [0.25, 0.3) is 0 Å². The highest BCUT2D eigenvalue weighted by Gasteiger charge is 2.37. The number of halogens is 1. The molecule has 8 nitrogen and oxygen atoms in total. The standard InChI is InChI=1S/C9H24NO3Si.ClHO4/c1-10(2,3)8-7-9-14(11-4,12-5)13-6;2-1(3,4)5/h7-9H2,1-6H3;(H,2,3,4,5)/q+1;/p-1. The Kier molecular flexibility index (Phi) is 10.4. The molecule has 0 saturated carbocycles. The van der Waals surface area contributed by atoms with Crippen molar-refractivity contribution in [3.05, 3.63) is 0 Å². The van der Waals surface area contributed by atoms with Crippen molar-refractivity contribution in [3.8, 4) is 0 Å². The summed E-state index contributed by atoms with van der Waals surface area (Å²) in [6, 6.07) is 0.881. The molecular formula is C9H24ClNO7Si. The average Bonchev–Trinajstić information content (AvgIpc) is 2.21. The van der Waals surface area contributed by atoms with Crippen LogP contribution in [0.4, 0.5) is 0 Å². The van der Waals surface area contributed by atoms with Crippen molar-refractivity contribution in [1.29, 1.82) is 0 Å². The predicted molar refractivity (Wildman–Crippen MR) is 59.1 cm³/mol. The molecule has 0 aromatic rings. The van der Waals surface area contributed by atoms with Gasteiger partial charge in [0.2, 0.25) is 0 Å². The van der Waals surface area contributed by atoms with Gasteiger partial charge in [-0.25, -0.2) is 18.6 Å². The van der Waals surface area contributed by atoms with Crippen molar-refractivity contribution in [1.82, 2.24) is 0 Å². The van der Waals surface area contributed by atoms with Crippen LogP contribution in [0.3, 0.4) is 0 Å². The van der Waals surface area contributed by atoms with E-state index in [1.807, 2.05) is 0 Å². The number of quaternary nitrogens is 1. The quantitative estimate of drug-likeness (QED) is 0.348. The van der Waals surface area contributed by atoms with E-state index < -0.39 is 19.0 Å². The van der Waals surface area contributed by atoms with Crippen molar-refractivity contribution in [2.24, 2.45) is 0 Å². The zero-order valence-corrected chi connectivity index (χ0v) is 14.1. The van der Waals surface area contributed by atoms with Crippen molar-refractivity contribution >= 4 is 8.80 Å². The molecule has 0 rings (SSSR count). The van der Waals surface area contributed by atoms with Crippen LogP contribution in [0.2, 0.25) is 6.04 Å². The van der Waals surface area contributed by atoms with Crippen LogP contribution in [-0.4, -0.2) is 62.3 Å². The van der Waals surface area contributed by atoms with Gasteiger partial charge >= 0.3 is 8.80 Å². The topological polar surface area (TPSA) is 120 Å². The van der Waals surface area contributed by atoms with E-state index in [0.717, 1.165) is 23.5 Å². The van der Waals surface area contributed by atoms with Crippen LogP contribution in [0.1, 0.15) is 6.42 Å². The molecule has 0 aliphatic rings. The summed E-state index contributed by atoms with van der Waals surface area (Å²) in [5.41, 5.74) is 0. The van der Waals surface area contributed by atoms with Gasteiger partial charge in [0.15, 0.2) is 0 Å². The van der Waals surface area contributed by atoms with E-state index >= 15 is 0 Å². The molecule has 0 bridgehead atoms. The molecule has 0 aromatic heterocycles. The third-order valence-corrected chi connectivity index (χ3v) is 5.08. The molecule has 0 unspecified atom stereocenters. The minimum atomic E-state index is -4.94. The van der Waals surface area contributed by atoms with Crippen LogP contribution in [-0.2, 0) is 13.3 Å². The minimum absolute atomic E-state index is 0.881. The molecule has 0 aliphatic carbocycles. The van der Waals surface area contributed by atoms with E-state index in [4.69, 9.17) is 31.9 Å². The van der Waals surface area contributed by atoms with E-state index in [9.17, 15) is 0 Å². The lowest BCUT2D eigenvalue weighted by atomic mass is 10.4. The Morgan fingerprint density at radius 2 is 1.21 bits per heavy atom. The van der Waals surface area contributed by atoms with Crippen LogP contribution in [0, 0.1) is 10.2 Å². The van der Waals surface area contributed by atoms with Gasteiger partial charge in [-0.1, -0.05) is 0 Å². The van der Waals surface area contributed by atoms with Crippen molar-refractivity contribution < 1.29 is 46.6 Å². The van der Waals surface area contributed by atoms with Crippen molar-refractivity contribution in [2.45, 2.75) is 12.5 Å². The number of rotatable bonds is 7. The fraction of sp³-hybridized carbons (Fsp3) is 1.00. The normalized spacial score (nSPS) is 12.9. The summed E-state index contributed by atoms with van der Waals surface area (Å²) in [7, 11) is 4.23. The van der Waals surface area contributed by atoms with E-state index in [1.54, 1.807) is 21.3 Å². The molecule has 0 heterocycles. The van der Waals surface area contributed by atoms with E-state index in [1.165, 1.54) is 0 Å². The van der Waals surface area contributed by atoms with Gasteiger partial charge in [0.25, 0.3) is 0 Å². The Morgan fingerprint density at radius 1 is 0.895 bits per heavy atom. The summed E-state index contributed by atoms with van der Waals surface area (Å²) in [4.78, 5) is 0. The molecule has 0 fully saturated rings. The Morgan fingerprint density at radius 3 is 1.42 bits per heavy atom. The smallest absolute Gasteiger partial charge is 0.377 e. The largest absolute Gasteiger partial charge is 0.500 e. The summed E-state index contributed by atoms with van der Waals surface area (Å²) in [5.74, 6) is 0. The van der Waals surface area contributed by atoms with Gasteiger partial charge < -0.3 is 17.8 Å². The van der Waals surface area contributed by atoms with E-state index in [-0.39, 0.29) is 0 Å². The van der Waals surface area contributed by atoms with Gasteiger partial charge in [-0.15, -0.1) is 10.2 Å². The third kappa shape index (κ3) is 16.1. The molecule has 19 heavy (non-hydrogen) atoms. The maximum absolute atomic E-state index is 8.49. The van der Waals surface area contributed by atoms with Gasteiger partial charge in [-0.2, -0.15) is 0 Å². The van der Waals surface area contributed by atoms with Crippen LogP contribution in [0.15, 0.2) is 0 Å². The van der Waals surface area contributed by atoms with E-state index in [2.05, 4.69) is 21.1 Å². The lowest BCUT2D eigenvalue weighted by Crippen LogP contribution is -2.68. The Bertz CT molecular complexity index is 213. The number of hydrogen-bond acceptors (Lipinski definition) is 7. The Labute approximate surface area is 117 Å². The number of nitrogens with zero attached hydrogens (tertiary/aromatic N) is 1. The third-order valence-electron chi connectivity index (χ3n) is 2.24. The molecule has 118 valence electrons. The maximum Gasteiger partial charge on any atom is 0.500 e. The zero-order chi connectivity index (χ0) is 15.7. The molecule has 0 aliphatic heterocycles. The Balaban J connectivity index is 0. The lowest BCUT2D eigenvalue weighted by Gasteiger charge is -2.27. The zero-order valence-electron chi connectivity index (χ0n) is 12.3. The number of hydrogen-bond donors (Lipinski definition) is 0. The summed E-state index contributed by atoms with van der Waals surface area (Å²) >= 11 is 0. The highest BCUT2D eigenvalue weighted by Crippen LogP contribution is 2.15. The first kappa shape index (κ1) is 21.5. The second-order valence-electron chi connectivity index (χ2n) is 4.79. The van der Waals surface area contributed by atoms with Crippen molar-refractivity contribution in [3.63, 3.8) is 0 Å². The molecule has 0 radical (unpaired) electrons. The summed E-state index contributed by atoms with van der Waals surface area (Å²) < 4.78 is 50.9. The molecule has 0 saturated heterocycles.